The minimum absolute atomic E-state index is 0.411. The van der Waals surface area contributed by atoms with Gasteiger partial charge in [-0.1, -0.05) is 39.5 Å². The van der Waals surface area contributed by atoms with E-state index in [1.54, 1.807) is 0 Å². The molecule has 0 aromatic heterocycles. The summed E-state index contributed by atoms with van der Waals surface area (Å²) in [7, 11) is 0. The first-order valence-corrected chi connectivity index (χ1v) is 9.07. The van der Waals surface area contributed by atoms with Crippen molar-refractivity contribution in [1.29, 1.82) is 0 Å². The van der Waals surface area contributed by atoms with Crippen LogP contribution in [0.3, 0.4) is 0 Å². The molecule has 2 rings (SSSR count). The summed E-state index contributed by atoms with van der Waals surface area (Å²) in [6.45, 7) is 12.3. The molecule has 118 valence electrons. The molecule has 1 saturated carbocycles. The fourth-order valence-electron chi connectivity index (χ4n) is 3.70. The maximum atomic E-state index is 3.83. The molecule has 1 saturated heterocycles. The van der Waals surface area contributed by atoms with Gasteiger partial charge in [-0.05, 0) is 64.1 Å². The maximum Gasteiger partial charge on any atom is 0.0308 e. The minimum atomic E-state index is 0.411. The van der Waals surface area contributed by atoms with Crippen LogP contribution in [0.25, 0.3) is 0 Å². The lowest BCUT2D eigenvalue weighted by Crippen LogP contribution is -2.51. The smallest absolute Gasteiger partial charge is 0.0308 e. The maximum absolute atomic E-state index is 3.83. The topological polar surface area (TPSA) is 15.3 Å². The molecule has 20 heavy (non-hydrogen) atoms. The van der Waals surface area contributed by atoms with Gasteiger partial charge in [-0.15, -0.1) is 0 Å². The Morgan fingerprint density at radius 3 is 2.60 bits per heavy atom. The molecule has 0 aromatic rings. The van der Waals surface area contributed by atoms with Gasteiger partial charge in [0.05, 0.1) is 0 Å². The number of nitrogens with zero attached hydrogens (tertiary/aromatic N) is 1. The molecule has 1 N–H and O–H groups in total. The number of hydrogen-bond acceptors (Lipinski definition) is 2. The number of unbranched alkanes of at least 4 members (excludes halogenated alkanes) is 3. The molecule has 1 atom stereocenters. The third-order valence-corrected chi connectivity index (χ3v) is 5.22. The average molecular weight is 281 g/mol. The molecule has 1 unspecified atom stereocenters. The standard InChI is InChI=1S/C18H36N2/c1-16(2)9-6-4-5-7-13-20-14-8-12-19-18(3,15-20)17-10-11-17/h16-17,19H,4-15H2,1-3H3. The molecule has 1 aliphatic carbocycles. The molecule has 2 heteroatoms. The van der Waals surface area contributed by atoms with Gasteiger partial charge in [-0.3, -0.25) is 0 Å². The normalized spacial score (nSPS) is 28.8. The highest BCUT2D eigenvalue weighted by atomic mass is 15.2. The van der Waals surface area contributed by atoms with Crippen molar-refractivity contribution in [2.45, 2.75) is 77.7 Å². The summed E-state index contributed by atoms with van der Waals surface area (Å²) in [6, 6.07) is 0. The van der Waals surface area contributed by atoms with Gasteiger partial charge in [-0.2, -0.15) is 0 Å². The molecule has 1 aliphatic heterocycles. The van der Waals surface area contributed by atoms with Crippen LogP contribution in [0.2, 0.25) is 0 Å². The van der Waals surface area contributed by atoms with E-state index in [4.69, 9.17) is 0 Å². The van der Waals surface area contributed by atoms with E-state index in [1.165, 1.54) is 77.5 Å². The van der Waals surface area contributed by atoms with Gasteiger partial charge in [0.2, 0.25) is 0 Å². The van der Waals surface area contributed by atoms with Crippen LogP contribution in [-0.2, 0) is 0 Å². The second-order valence-electron chi connectivity index (χ2n) is 7.84. The van der Waals surface area contributed by atoms with Crippen molar-refractivity contribution >= 4 is 0 Å². The molecule has 0 bridgehead atoms. The van der Waals surface area contributed by atoms with E-state index in [2.05, 4.69) is 31.0 Å². The lowest BCUT2D eigenvalue weighted by atomic mass is 9.95. The molecular formula is C18H36N2. The Kier molecular flexibility index (Phi) is 6.35. The quantitative estimate of drug-likeness (QED) is 0.675. The largest absolute Gasteiger partial charge is 0.310 e. The van der Waals surface area contributed by atoms with E-state index < -0.39 is 0 Å². The van der Waals surface area contributed by atoms with Crippen LogP contribution in [-0.4, -0.2) is 36.6 Å². The second-order valence-corrected chi connectivity index (χ2v) is 7.84. The first kappa shape index (κ1) is 16.3. The van der Waals surface area contributed by atoms with E-state index in [0.717, 1.165) is 11.8 Å². The predicted octanol–water partition coefficient (Wildman–Crippen LogP) is 4.06. The Hall–Kier alpha value is -0.0800. The van der Waals surface area contributed by atoms with E-state index in [0.29, 0.717) is 5.54 Å². The molecule has 0 spiro atoms. The van der Waals surface area contributed by atoms with Gasteiger partial charge in [-0.25, -0.2) is 0 Å². The molecule has 2 nitrogen and oxygen atoms in total. The highest BCUT2D eigenvalue weighted by molar-refractivity contribution is 5.00. The summed E-state index contributed by atoms with van der Waals surface area (Å²) >= 11 is 0. The van der Waals surface area contributed by atoms with E-state index in [1.807, 2.05) is 0 Å². The van der Waals surface area contributed by atoms with Crippen molar-refractivity contribution in [2.75, 3.05) is 26.2 Å². The van der Waals surface area contributed by atoms with Gasteiger partial charge in [0.25, 0.3) is 0 Å². The van der Waals surface area contributed by atoms with Crippen LogP contribution in [0.5, 0.6) is 0 Å². The van der Waals surface area contributed by atoms with Crippen LogP contribution < -0.4 is 5.32 Å². The van der Waals surface area contributed by atoms with Crippen molar-refractivity contribution in [2.24, 2.45) is 11.8 Å². The minimum Gasteiger partial charge on any atom is -0.310 e. The van der Waals surface area contributed by atoms with Crippen LogP contribution >= 0.6 is 0 Å². The van der Waals surface area contributed by atoms with E-state index in [9.17, 15) is 0 Å². The van der Waals surface area contributed by atoms with Gasteiger partial charge in [0, 0.05) is 12.1 Å². The Balaban J connectivity index is 1.61. The lowest BCUT2D eigenvalue weighted by molar-refractivity contribution is 0.198. The van der Waals surface area contributed by atoms with Crippen LogP contribution in [0.1, 0.15) is 72.1 Å². The van der Waals surface area contributed by atoms with Crippen LogP contribution in [0, 0.1) is 11.8 Å². The molecule has 0 radical (unpaired) electrons. The number of rotatable bonds is 8. The Labute approximate surface area is 126 Å². The summed E-state index contributed by atoms with van der Waals surface area (Å²) in [5, 5.41) is 3.83. The summed E-state index contributed by atoms with van der Waals surface area (Å²) in [4.78, 5) is 2.74. The van der Waals surface area contributed by atoms with Gasteiger partial charge < -0.3 is 10.2 Å². The monoisotopic (exact) mass is 280 g/mol. The molecule has 0 amide bonds. The zero-order chi connectivity index (χ0) is 14.4. The van der Waals surface area contributed by atoms with Crippen molar-refractivity contribution in [3.05, 3.63) is 0 Å². The first-order chi connectivity index (χ1) is 9.60. The fraction of sp³-hybridized carbons (Fsp3) is 1.00. The van der Waals surface area contributed by atoms with Gasteiger partial charge in [0.1, 0.15) is 0 Å². The Morgan fingerprint density at radius 2 is 1.90 bits per heavy atom. The number of nitrogens with one attached hydrogen (secondary N) is 1. The third kappa shape index (κ3) is 5.37. The summed E-state index contributed by atoms with van der Waals surface area (Å²) in [6.07, 6.45) is 11.3. The molecule has 1 heterocycles. The van der Waals surface area contributed by atoms with E-state index in [-0.39, 0.29) is 0 Å². The Morgan fingerprint density at radius 1 is 1.15 bits per heavy atom. The number of hydrogen-bond donors (Lipinski definition) is 1. The van der Waals surface area contributed by atoms with Crippen LogP contribution in [0.15, 0.2) is 0 Å². The summed E-state index contributed by atoms with van der Waals surface area (Å²) in [5.74, 6) is 1.83. The van der Waals surface area contributed by atoms with Crippen molar-refractivity contribution < 1.29 is 0 Å². The summed E-state index contributed by atoms with van der Waals surface area (Å²) < 4.78 is 0. The highest BCUT2D eigenvalue weighted by Crippen LogP contribution is 2.40. The second kappa shape index (κ2) is 7.79. The van der Waals surface area contributed by atoms with Gasteiger partial charge in [0.15, 0.2) is 0 Å². The summed E-state index contributed by atoms with van der Waals surface area (Å²) in [5.41, 5.74) is 0.411. The molecule has 2 fully saturated rings. The Bertz CT molecular complexity index is 273. The zero-order valence-corrected chi connectivity index (χ0v) is 14.1. The lowest BCUT2D eigenvalue weighted by Gasteiger charge is -2.34. The van der Waals surface area contributed by atoms with Crippen LogP contribution in [0.4, 0.5) is 0 Å². The van der Waals surface area contributed by atoms with Crippen molar-refractivity contribution in [1.82, 2.24) is 10.2 Å². The van der Waals surface area contributed by atoms with Gasteiger partial charge >= 0.3 is 0 Å². The molecular weight excluding hydrogens is 244 g/mol. The first-order valence-electron chi connectivity index (χ1n) is 9.07. The van der Waals surface area contributed by atoms with E-state index >= 15 is 0 Å². The predicted molar refractivity (Wildman–Crippen MR) is 88.1 cm³/mol. The third-order valence-electron chi connectivity index (χ3n) is 5.22. The fourth-order valence-corrected chi connectivity index (χ4v) is 3.70. The van der Waals surface area contributed by atoms with Crippen molar-refractivity contribution in [3.8, 4) is 0 Å². The highest BCUT2D eigenvalue weighted by Gasteiger charge is 2.42. The average Bonchev–Trinajstić information content (AvgIpc) is 3.21. The molecule has 2 aliphatic rings. The SMILES string of the molecule is CC(C)CCCCCCN1CCCNC(C)(C2CC2)C1. The zero-order valence-electron chi connectivity index (χ0n) is 14.1. The van der Waals surface area contributed by atoms with Crippen molar-refractivity contribution in [3.63, 3.8) is 0 Å². The molecule has 0 aromatic carbocycles.